The van der Waals surface area contributed by atoms with Crippen molar-refractivity contribution in [3.8, 4) is 0 Å². The Hall–Kier alpha value is -1.69. The van der Waals surface area contributed by atoms with E-state index in [1.54, 1.807) is 6.20 Å². The van der Waals surface area contributed by atoms with Crippen LogP contribution in [0.25, 0.3) is 0 Å². The lowest BCUT2D eigenvalue weighted by Gasteiger charge is -2.40. The average molecular weight is 318 g/mol. The molecule has 1 N–H and O–H groups in total. The fraction of sp³-hybridized carbons (Fsp3) is 0.706. The third-order valence-electron chi connectivity index (χ3n) is 5.31. The summed E-state index contributed by atoms with van der Waals surface area (Å²) in [5.41, 5.74) is 0.163. The van der Waals surface area contributed by atoms with Gasteiger partial charge in [-0.15, -0.1) is 0 Å². The van der Waals surface area contributed by atoms with E-state index >= 15 is 0 Å². The van der Waals surface area contributed by atoms with Crippen molar-refractivity contribution in [3.63, 3.8) is 0 Å². The lowest BCUT2D eigenvalue weighted by Crippen LogP contribution is -2.42. The summed E-state index contributed by atoms with van der Waals surface area (Å²) in [6, 6.07) is 1.66. The number of aryl methyl sites for hydroxylation is 1. The number of carboxylic acids is 1. The van der Waals surface area contributed by atoms with Crippen LogP contribution in [-0.2, 0) is 4.79 Å². The number of hydrogen-bond acceptors (Lipinski definition) is 5. The van der Waals surface area contributed by atoms with Crippen LogP contribution in [0.5, 0.6) is 0 Å². The van der Waals surface area contributed by atoms with Crippen molar-refractivity contribution >= 4 is 11.8 Å². The number of carbonyl (C=O) groups is 1. The van der Waals surface area contributed by atoms with E-state index in [-0.39, 0.29) is 11.5 Å². The summed E-state index contributed by atoms with van der Waals surface area (Å²) < 4.78 is 0. The molecule has 6 nitrogen and oxygen atoms in total. The summed E-state index contributed by atoms with van der Waals surface area (Å²) in [5, 5.41) is 9.52. The van der Waals surface area contributed by atoms with E-state index in [1.165, 1.54) is 0 Å². The Morgan fingerprint density at radius 1 is 1.43 bits per heavy atom. The first-order valence-corrected chi connectivity index (χ1v) is 8.54. The molecule has 2 aliphatic rings. The Kier molecular flexibility index (Phi) is 4.53. The van der Waals surface area contributed by atoms with Crippen LogP contribution < -0.4 is 4.90 Å². The Labute approximate surface area is 137 Å². The van der Waals surface area contributed by atoms with E-state index in [9.17, 15) is 9.90 Å². The molecule has 1 atom stereocenters. The highest BCUT2D eigenvalue weighted by Crippen LogP contribution is 2.44. The van der Waals surface area contributed by atoms with Gasteiger partial charge in [0.15, 0.2) is 0 Å². The minimum atomic E-state index is -0.663. The van der Waals surface area contributed by atoms with Crippen LogP contribution in [0.15, 0.2) is 12.3 Å². The van der Waals surface area contributed by atoms with Gasteiger partial charge in [-0.25, -0.2) is 9.97 Å². The SMILES string of the molecule is CCCN1CC2(CCN(c3ccnc(C)n3)CC2)C[C@H]1C(=O)O. The van der Waals surface area contributed by atoms with Gasteiger partial charge in [0.25, 0.3) is 0 Å². The second-order valence-electron chi connectivity index (χ2n) is 6.98. The summed E-state index contributed by atoms with van der Waals surface area (Å²) in [6.07, 6.45) is 5.69. The number of aliphatic carboxylic acids is 1. The third kappa shape index (κ3) is 3.32. The molecule has 1 aromatic heterocycles. The molecule has 2 fully saturated rings. The first-order valence-electron chi connectivity index (χ1n) is 8.54. The van der Waals surface area contributed by atoms with Gasteiger partial charge in [0.05, 0.1) is 0 Å². The van der Waals surface area contributed by atoms with Crippen LogP contribution in [0.3, 0.4) is 0 Å². The quantitative estimate of drug-likeness (QED) is 0.915. The van der Waals surface area contributed by atoms with E-state index in [1.807, 2.05) is 13.0 Å². The van der Waals surface area contributed by atoms with Crippen molar-refractivity contribution in [1.82, 2.24) is 14.9 Å². The number of rotatable bonds is 4. The van der Waals surface area contributed by atoms with Gasteiger partial charge in [-0.2, -0.15) is 0 Å². The summed E-state index contributed by atoms with van der Waals surface area (Å²) in [6.45, 7) is 7.73. The van der Waals surface area contributed by atoms with Gasteiger partial charge < -0.3 is 10.0 Å². The molecule has 2 aliphatic heterocycles. The number of nitrogens with zero attached hydrogens (tertiary/aromatic N) is 4. The van der Waals surface area contributed by atoms with E-state index in [2.05, 4.69) is 26.7 Å². The van der Waals surface area contributed by atoms with Crippen LogP contribution in [0.4, 0.5) is 5.82 Å². The second-order valence-corrected chi connectivity index (χ2v) is 6.98. The van der Waals surface area contributed by atoms with Crippen molar-refractivity contribution in [3.05, 3.63) is 18.1 Å². The molecular weight excluding hydrogens is 292 g/mol. The average Bonchev–Trinajstić information content (AvgIpc) is 2.87. The Morgan fingerprint density at radius 2 is 2.17 bits per heavy atom. The number of hydrogen-bond donors (Lipinski definition) is 1. The molecule has 23 heavy (non-hydrogen) atoms. The molecule has 0 radical (unpaired) electrons. The molecule has 0 saturated carbocycles. The normalized spacial score (nSPS) is 24.3. The number of carboxylic acid groups (broad SMARTS) is 1. The lowest BCUT2D eigenvalue weighted by molar-refractivity contribution is -0.142. The van der Waals surface area contributed by atoms with E-state index in [0.717, 1.165) is 63.5 Å². The highest BCUT2D eigenvalue weighted by molar-refractivity contribution is 5.74. The zero-order chi connectivity index (χ0) is 16.4. The molecule has 3 heterocycles. The lowest BCUT2D eigenvalue weighted by atomic mass is 9.76. The Bertz CT molecular complexity index is 569. The topological polar surface area (TPSA) is 69.6 Å². The van der Waals surface area contributed by atoms with Crippen molar-refractivity contribution in [2.45, 2.75) is 45.6 Å². The summed E-state index contributed by atoms with van der Waals surface area (Å²) in [4.78, 5) is 24.7. The maximum absolute atomic E-state index is 11.6. The highest BCUT2D eigenvalue weighted by atomic mass is 16.4. The molecule has 0 bridgehead atoms. The van der Waals surface area contributed by atoms with Crippen molar-refractivity contribution < 1.29 is 9.90 Å². The predicted octanol–water partition coefficient (Wildman–Crippen LogP) is 1.94. The zero-order valence-electron chi connectivity index (χ0n) is 14.0. The van der Waals surface area contributed by atoms with E-state index < -0.39 is 5.97 Å². The molecule has 1 aromatic rings. The van der Waals surface area contributed by atoms with E-state index in [4.69, 9.17) is 0 Å². The van der Waals surface area contributed by atoms with Crippen LogP contribution in [0.1, 0.15) is 38.4 Å². The summed E-state index contributed by atoms with van der Waals surface area (Å²) >= 11 is 0. The molecule has 1 spiro atoms. The first kappa shape index (κ1) is 16.2. The zero-order valence-corrected chi connectivity index (χ0v) is 14.0. The molecule has 0 amide bonds. The van der Waals surface area contributed by atoms with Crippen LogP contribution in [0.2, 0.25) is 0 Å². The molecule has 2 saturated heterocycles. The van der Waals surface area contributed by atoms with Gasteiger partial charge >= 0.3 is 5.97 Å². The number of piperidine rings is 1. The largest absolute Gasteiger partial charge is 0.480 e. The predicted molar refractivity (Wildman–Crippen MR) is 88.6 cm³/mol. The second kappa shape index (κ2) is 6.43. The number of aromatic nitrogens is 2. The minimum absolute atomic E-state index is 0.163. The third-order valence-corrected chi connectivity index (χ3v) is 5.31. The van der Waals surface area contributed by atoms with Gasteiger partial charge in [0.2, 0.25) is 0 Å². The standard InChI is InChI=1S/C17H26N4O2/c1-3-8-21-12-17(11-14(21)16(22)23)5-9-20(10-6-17)15-4-7-18-13(2)19-15/h4,7,14H,3,5-6,8-12H2,1-2H3,(H,22,23)/t14-/m0/s1. The molecule has 126 valence electrons. The smallest absolute Gasteiger partial charge is 0.320 e. The van der Waals surface area contributed by atoms with Crippen molar-refractivity contribution in [1.29, 1.82) is 0 Å². The van der Waals surface area contributed by atoms with Gasteiger partial charge in [-0.3, -0.25) is 9.69 Å². The van der Waals surface area contributed by atoms with Crippen LogP contribution in [0, 0.1) is 12.3 Å². The molecule has 3 rings (SSSR count). The van der Waals surface area contributed by atoms with E-state index in [0.29, 0.717) is 0 Å². The Balaban J connectivity index is 1.67. The number of anilines is 1. The fourth-order valence-corrected chi connectivity index (χ4v) is 4.10. The van der Waals surface area contributed by atoms with Gasteiger partial charge in [0.1, 0.15) is 17.7 Å². The molecule has 0 aliphatic carbocycles. The van der Waals surface area contributed by atoms with Crippen LogP contribution >= 0.6 is 0 Å². The summed E-state index contributed by atoms with van der Waals surface area (Å²) in [5.74, 6) is 1.12. The monoisotopic (exact) mass is 318 g/mol. The Morgan fingerprint density at radius 3 is 2.78 bits per heavy atom. The van der Waals surface area contributed by atoms with Crippen molar-refractivity contribution in [2.24, 2.45) is 5.41 Å². The highest BCUT2D eigenvalue weighted by Gasteiger charge is 2.47. The molecule has 0 unspecified atom stereocenters. The maximum Gasteiger partial charge on any atom is 0.320 e. The number of likely N-dealkylation sites (tertiary alicyclic amines) is 1. The molecule has 6 heteroatoms. The molecule has 0 aromatic carbocycles. The summed E-state index contributed by atoms with van der Waals surface area (Å²) in [7, 11) is 0. The van der Waals surface area contributed by atoms with Gasteiger partial charge in [0, 0.05) is 25.8 Å². The minimum Gasteiger partial charge on any atom is -0.480 e. The first-order chi connectivity index (χ1) is 11.0. The van der Waals surface area contributed by atoms with Crippen molar-refractivity contribution in [2.75, 3.05) is 31.1 Å². The van der Waals surface area contributed by atoms with Crippen LogP contribution in [-0.4, -0.2) is 58.2 Å². The fourth-order valence-electron chi connectivity index (χ4n) is 4.10. The molecular formula is C17H26N4O2. The van der Waals surface area contributed by atoms with Gasteiger partial charge in [-0.1, -0.05) is 6.92 Å². The maximum atomic E-state index is 11.6. The van der Waals surface area contributed by atoms with Gasteiger partial charge in [-0.05, 0) is 50.6 Å².